The number of rotatable bonds is 4. The average Bonchev–Trinajstić information content (AvgIpc) is 3.23. The van der Waals surface area contributed by atoms with E-state index in [4.69, 9.17) is 8.83 Å². The average molecular weight is 376 g/mol. The van der Waals surface area contributed by atoms with Gasteiger partial charge in [0.1, 0.15) is 22.7 Å². The van der Waals surface area contributed by atoms with E-state index in [1.165, 1.54) is 6.07 Å². The lowest BCUT2D eigenvalue weighted by molar-refractivity contribution is 0.0944. The third-order valence-corrected chi connectivity index (χ3v) is 4.36. The molecule has 0 aliphatic rings. The van der Waals surface area contributed by atoms with E-state index in [1.54, 1.807) is 49.6 Å². The van der Waals surface area contributed by atoms with E-state index in [0.29, 0.717) is 22.6 Å². The van der Waals surface area contributed by atoms with Crippen molar-refractivity contribution in [3.8, 4) is 0 Å². The Morgan fingerprint density at radius 1 is 1.11 bits per heavy atom. The van der Waals surface area contributed by atoms with Crippen molar-refractivity contribution in [2.24, 2.45) is 4.99 Å². The number of furan rings is 1. The van der Waals surface area contributed by atoms with Gasteiger partial charge in [-0.05, 0) is 43.3 Å². The minimum atomic E-state index is -0.370. The summed E-state index contributed by atoms with van der Waals surface area (Å²) in [4.78, 5) is 17.2. The van der Waals surface area contributed by atoms with Crippen LogP contribution in [0.25, 0.3) is 11.0 Å². The first-order valence-corrected chi connectivity index (χ1v) is 8.75. The quantitative estimate of drug-likeness (QED) is 0.564. The first-order chi connectivity index (χ1) is 13.6. The fraction of sp³-hybridized carbons (Fsp3) is 0.0909. The number of fused-ring (bicyclic) bond motifs is 1. The van der Waals surface area contributed by atoms with Crippen LogP contribution in [0, 0.1) is 12.7 Å². The maximum Gasteiger partial charge on any atom is 0.257 e. The summed E-state index contributed by atoms with van der Waals surface area (Å²) in [6, 6.07) is 17.2. The van der Waals surface area contributed by atoms with Crippen molar-refractivity contribution in [2.75, 3.05) is 0 Å². The molecule has 0 saturated carbocycles. The van der Waals surface area contributed by atoms with E-state index >= 15 is 0 Å². The molecule has 140 valence electrons. The number of hydrogen-bond donors (Lipinski definition) is 1. The molecule has 0 radical (unpaired) electrons. The summed E-state index contributed by atoms with van der Waals surface area (Å²) < 4.78 is 25.0. The van der Waals surface area contributed by atoms with Crippen LogP contribution in [0.1, 0.15) is 21.7 Å². The number of benzene rings is 2. The zero-order valence-electron chi connectivity index (χ0n) is 15.1. The highest BCUT2D eigenvalue weighted by Gasteiger charge is 2.14. The second-order valence-corrected chi connectivity index (χ2v) is 6.26. The highest BCUT2D eigenvalue weighted by atomic mass is 19.1. The number of hydrogen-bond acceptors (Lipinski definition) is 4. The fourth-order valence-corrected chi connectivity index (χ4v) is 2.82. The third-order valence-electron chi connectivity index (χ3n) is 4.36. The van der Waals surface area contributed by atoms with Gasteiger partial charge in [0.2, 0.25) is 5.55 Å². The summed E-state index contributed by atoms with van der Waals surface area (Å²) in [7, 11) is 0. The predicted octanol–water partition coefficient (Wildman–Crippen LogP) is 4.64. The van der Waals surface area contributed by atoms with Crippen LogP contribution in [0.5, 0.6) is 0 Å². The van der Waals surface area contributed by atoms with Gasteiger partial charge in [0, 0.05) is 10.9 Å². The van der Waals surface area contributed by atoms with E-state index in [-0.39, 0.29) is 29.4 Å². The van der Waals surface area contributed by atoms with Crippen molar-refractivity contribution in [3.05, 3.63) is 95.2 Å². The minimum Gasteiger partial charge on any atom is -0.467 e. The van der Waals surface area contributed by atoms with Gasteiger partial charge in [-0.1, -0.05) is 24.3 Å². The minimum absolute atomic E-state index is 0.115. The molecule has 0 aliphatic heterocycles. The lowest BCUT2D eigenvalue weighted by Gasteiger charge is -2.07. The molecule has 1 amide bonds. The van der Waals surface area contributed by atoms with Gasteiger partial charge in [-0.25, -0.2) is 9.38 Å². The van der Waals surface area contributed by atoms with Gasteiger partial charge in [0.15, 0.2) is 0 Å². The van der Waals surface area contributed by atoms with E-state index in [9.17, 15) is 9.18 Å². The van der Waals surface area contributed by atoms with Gasteiger partial charge in [0.25, 0.3) is 5.91 Å². The smallest absolute Gasteiger partial charge is 0.257 e. The Morgan fingerprint density at radius 3 is 2.79 bits per heavy atom. The monoisotopic (exact) mass is 376 g/mol. The molecule has 0 bridgehead atoms. The van der Waals surface area contributed by atoms with Crippen molar-refractivity contribution in [2.45, 2.75) is 13.5 Å². The molecule has 0 spiro atoms. The van der Waals surface area contributed by atoms with E-state index in [1.807, 2.05) is 18.2 Å². The van der Waals surface area contributed by atoms with Crippen LogP contribution in [-0.4, -0.2) is 5.91 Å². The Bertz CT molecular complexity index is 1210. The number of nitrogens with zero attached hydrogens (tertiary/aromatic N) is 1. The van der Waals surface area contributed by atoms with E-state index < -0.39 is 0 Å². The Hall–Kier alpha value is -3.67. The number of nitrogens with one attached hydrogen (secondary N) is 1. The zero-order chi connectivity index (χ0) is 19.5. The maximum absolute atomic E-state index is 13.9. The van der Waals surface area contributed by atoms with Crippen LogP contribution < -0.4 is 10.9 Å². The lowest BCUT2D eigenvalue weighted by atomic mass is 10.1. The molecule has 2 heterocycles. The summed E-state index contributed by atoms with van der Waals surface area (Å²) in [6.45, 7) is 1.86. The molecule has 0 fully saturated rings. The molecule has 0 atom stereocenters. The van der Waals surface area contributed by atoms with Crippen molar-refractivity contribution < 1.29 is 18.0 Å². The fourth-order valence-electron chi connectivity index (χ4n) is 2.82. The molecule has 1 N–H and O–H groups in total. The van der Waals surface area contributed by atoms with Gasteiger partial charge in [-0.3, -0.25) is 4.79 Å². The van der Waals surface area contributed by atoms with Crippen molar-refractivity contribution in [1.29, 1.82) is 0 Å². The van der Waals surface area contributed by atoms with Gasteiger partial charge < -0.3 is 14.2 Å². The van der Waals surface area contributed by atoms with Crippen LogP contribution in [0.4, 0.5) is 10.1 Å². The van der Waals surface area contributed by atoms with Crippen LogP contribution in [0.3, 0.4) is 0 Å². The predicted molar refractivity (Wildman–Crippen MR) is 102 cm³/mol. The van der Waals surface area contributed by atoms with Crippen LogP contribution in [0.2, 0.25) is 0 Å². The Balaban J connectivity index is 1.81. The standard InChI is InChI=1S/C22H17FN2O3/c1-14-18(23)8-4-9-19(14)25-22-17(12-15-6-2-3-10-20(15)28-22)21(26)24-13-16-7-5-11-27-16/h2-12H,13H2,1H3,(H,24,26). The molecule has 6 heteroatoms. The Labute approximate surface area is 160 Å². The first-order valence-electron chi connectivity index (χ1n) is 8.75. The SMILES string of the molecule is Cc1c(F)cccc1N=c1oc2ccccc2cc1C(=O)NCc1ccco1. The topological polar surface area (TPSA) is 67.7 Å². The summed E-state index contributed by atoms with van der Waals surface area (Å²) in [5.41, 5.74) is 1.74. The highest BCUT2D eigenvalue weighted by Crippen LogP contribution is 2.21. The van der Waals surface area contributed by atoms with E-state index in [2.05, 4.69) is 10.3 Å². The molecule has 0 aliphatic carbocycles. The number of para-hydroxylation sites is 1. The molecule has 0 saturated heterocycles. The van der Waals surface area contributed by atoms with Gasteiger partial charge in [-0.2, -0.15) is 0 Å². The molecule has 5 nitrogen and oxygen atoms in total. The first kappa shape index (κ1) is 17.7. The van der Waals surface area contributed by atoms with Crippen LogP contribution in [0.15, 0.2) is 80.8 Å². The second-order valence-electron chi connectivity index (χ2n) is 6.26. The van der Waals surface area contributed by atoms with Gasteiger partial charge in [0.05, 0.1) is 18.5 Å². The van der Waals surface area contributed by atoms with Crippen LogP contribution in [-0.2, 0) is 6.54 Å². The van der Waals surface area contributed by atoms with Crippen molar-refractivity contribution in [3.63, 3.8) is 0 Å². The van der Waals surface area contributed by atoms with Crippen molar-refractivity contribution >= 4 is 22.6 Å². The molecule has 0 unspecified atom stereocenters. The maximum atomic E-state index is 13.9. The highest BCUT2D eigenvalue weighted by molar-refractivity contribution is 5.96. The van der Waals surface area contributed by atoms with Crippen LogP contribution >= 0.6 is 0 Å². The second kappa shape index (κ2) is 7.52. The number of amides is 1. The normalized spacial score (nSPS) is 11.7. The molecule has 4 rings (SSSR count). The molecular formula is C22H17FN2O3. The number of carbonyl (C=O) groups is 1. The molecule has 2 aromatic carbocycles. The van der Waals surface area contributed by atoms with Gasteiger partial charge in [-0.15, -0.1) is 0 Å². The molecule has 2 aromatic heterocycles. The van der Waals surface area contributed by atoms with Crippen molar-refractivity contribution in [1.82, 2.24) is 5.32 Å². The molecular weight excluding hydrogens is 359 g/mol. The Kier molecular flexibility index (Phi) is 4.76. The van der Waals surface area contributed by atoms with E-state index in [0.717, 1.165) is 5.39 Å². The molecule has 4 aromatic rings. The number of carbonyl (C=O) groups excluding carboxylic acids is 1. The Morgan fingerprint density at radius 2 is 1.96 bits per heavy atom. The molecule has 28 heavy (non-hydrogen) atoms. The number of halogens is 1. The summed E-state index contributed by atoms with van der Waals surface area (Å²) >= 11 is 0. The van der Waals surface area contributed by atoms with Gasteiger partial charge >= 0.3 is 0 Å². The zero-order valence-corrected chi connectivity index (χ0v) is 15.1. The largest absolute Gasteiger partial charge is 0.467 e. The lowest BCUT2D eigenvalue weighted by Crippen LogP contribution is -2.28. The third kappa shape index (κ3) is 3.57. The summed E-state index contributed by atoms with van der Waals surface area (Å²) in [5.74, 6) is -0.102. The summed E-state index contributed by atoms with van der Waals surface area (Å²) in [6.07, 6.45) is 1.54. The summed E-state index contributed by atoms with van der Waals surface area (Å²) in [5, 5.41) is 3.56.